The van der Waals surface area contributed by atoms with Gasteiger partial charge in [-0.05, 0) is 46.1 Å². The van der Waals surface area contributed by atoms with Gasteiger partial charge in [0.1, 0.15) is 23.0 Å². The lowest BCUT2D eigenvalue weighted by atomic mass is 10.2. The highest BCUT2D eigenvalue weighted by molar-refractivity contribution is 6.08. The molecule has 0 saturated heterocycles. The van der Waals surface area contributed by atoms with Crippen LogP contribution in [0.3, 0.4) is 0 Å². The van der Waals surface area contributed by atoms with Crippen LogP contribution in [-0.4, -0.2) is 65.9 Å². The van der Waals surface area contributed by atoms with E-state index in [0.29, 0.717) is 35.7 Å². The van der Waals surface area contributed by atoms with Crippen LogP contribution in [0.15, 0.2) is 24.3 Å². The standard InChI is InChI=1S/C20H27N5O3/c1-13(12-27-4)28-20(26)16-17-19(23-15-9-6-5-8-14(15)22-17)25(18(16)21)11-7-10-24(2)3/h5-6,8-9,13H,7,10-12,21H2,1-4H3/t13-/m0/s1. The number of nitrogens with zero attached hydrogens (tertiary/aromatic N) is 4. The molecule has 0 radical (unpaired) electrons. The van der Waals surface area contributed by atoms with Crippen LogP contribution < -0.4 is 5.73 Å². The molecule has 1 atom stereocenters. The first kappa shape index (κ1) is 20.0. The molecule has 2 heterocycles. The van der Waals surface area contributed by atoms with Gasteiger partial charge in [-0.15, -0.1) is 0 Å². The number of anilines is 1. The molecule has 0 aliphatic rings. The van der Waals surface area contributed by atoms with Crippen LogP contribution in [0.2, 0.25) is 0 Å². The van der Waals surface area contributed by atoms with Crippen LogP contribution >= 0.6 is 0 Å². The maximum Gasteiger partial charge on any atom is 0.344 e. The summed E-state index contributed by atoms with van der Waals surface area (Å²) in [6, 6.07) is 7.56. The number of benzene rings is 1. The fourth-order valence-corrected chi connectivity index (χ4v) is 3.20. The fraction of sp³-hybridized carbons (Fsp3) is 0.450. The fourth-order valence-electron chi connectivity index (χ4n) is 3.20. The molecular weight excluding hydrogens is 358 g/mol. The largest absolute Gasteiger partial charge is 0.456 e. The summed E-state index contributed by atoms with van der Waals surface area (Å²) >= 11 is 0. The number of hydrogen-bond acceptors (Lipinski definition) is 7. The van der Waals surface area contributed by atoms with Crippen molar-refractivity contribution in [3.05, 3.63) is 29.8 Å². The lowest BCUT2D eigenvalue weighted by Gasteiger charge is -2.13. The van der Waals surface area contributed by atoms with E-state index in [9.17, 15) is 4.79 Å². The summed E-state index contributed by atoms with van der Waals surface area (Å²) < 4.78 is 12.4. The molecule has 3 aromatic rings. The molecule has 1 aromatic carbocycles. The first-order valence-corrected chi connectivity index (χ1v) is 9.31. The Balaban J connectivity index is 2.09. The van der Waals surface area contributed by atoms with Crippen LogP contribution in [0.25, 0.3) is 22.2 Å². The summed E-state index contributed by atoms with van der Waals surface area (Å²) in [5.41, 5.74) is 9.18. The van der Waals surface area contributed by atoms with Crippen molar-refractivity contribution in [2.75, 3.05) is 40.1 Å². The SMILES string of the molecule is COC[C@H](C)OC(=O)c1c(N)n(CCCN(C)C)c2nc3ccccc3nc12. The van der Waals surface area contributed by atoms with E-state index < -0.39 is 12.1 Å². The van der Waals surface area contributed by atoms with Crippen molar-refractivity contribution in [2.45, 2.75) is 26.0 Å². The summed E-state index contributed by atoms with van der Waals surface area (Å²) in [5.74, 6) is -0.179. The molecule has 0 unspecified atom stereocenters. The molecule has 150 valence electrons. The number of carbonyl (C=O) groups is 1. The van der Waals surface area contributed by atoms with Gasteiger partial charge in [-0.1, -0.05) is 12.1 Å². The van der Waals surface area contributed by atoms with Gasteiger partial charge in [-0.25, -0.2) is 14.8 Å². The van der Waals surface area contributed by atoms with E-state index in [2.05, 4.69) is 9.88 Å². The van der Waals surface area contributed by atoms with Crippen molar-refractivity contribution in [3.63, 3.8) is 0 Å². The Morgan fingerprint density at radius 2 is 1.93 bits per heavy atom. The average molecular weight is 385 g/mol. The maximum absolute atomic E-state index is 12.8. The number of fused-ring (bicyclic) bond motifs is 2. The van der Waals surface area contributed by atoms with Gasteiger partial charge < -0.3 is 24.7 Å². The van der Waals surface area contributed by atoms with Crippen molar-refractivity contribution in [2.24, 2.45) is 0 Å². The summed E-state index contributed by atoms with van der Waals surface area (Å²) in [6.45, 7) is 3.61. The number of hydrogen-bond donors (Lipinski definition) is 1. The molecule has 2 N–H and O–H groups in total. The van der Waals surface area contributed by atoms with Crippen molar-refractivity contribution < 1.29 is 14.3 Å². The van der Waals surface area contributed by atoms with Crippen LogP contribution in [0.4, 0.5) is 5.82 Å². The van der Waals surface area contributed by atoms with Crippen molar-refractivity contribution in [1.82, 2.24) is 19.4 Å². The Kier molecular flexibility index (Phi) is 6.11. The predicted octanol–water partition coefficient (Wildman–Crippen LogP) is 2.31. The molecule has 28 heavy (non-hydrogen) atoms. The zero-order chi connectivity index (χ0) is 20.3. The molecule has 0 fully saturated rings. The molecule has 8 heteroatoms. The monoisotopic (exact) mass is 385 g/mol. The van der Waals surface area contributed by atoms with Crippen LogP contribution in [0.5, 0.6) is 0 Å². The second-order valence-electron chi connectivity index (χ2n) is 7.12. The smallest absolute Gasteiger partial charge is 0.344 e. The predicted molar refractivity (Wildman–Crippen MR) is 109 cm³/mol. The van der Waals surface area contributed by atoms with Crippen LogP contribution in [0, 0.1) is 0 Å². The third-order valence-electron chi connectivity index (χ3n) is 4.49. The molecule has 0 aliphatic heterocycles. The van der Waals surface area contributed by atoms with E-state index in [0.717, 1.165) is 18.5 Å². The average Bonchev–Trinajstić information content (AvgIpc) is 2.90. The van der Waals surface area contributed by atoms with Gasteiger partial charge in [0, 0.05) is 13.7 Å². The maximum atomic E-state index is 12.8. The van der Waals surface area contributed by atoms with E-state index in [4.69, 9.17) is 20.2 Å². The van der Waals surface area contributed by atoms with E-state index in [-0.39, 0.29) is 5.56 Å². The van der Waals surface area contributed by atoms with Crippen molar-refractivity contribution in [3.8, 4) is 0 Å². The Bertz CT molecular complexity index is 983. The number of esters is 1. The lowest BCUT2D eigenvalue weighted by molar-refractivity contribution is 0.0123. The van der Waals surface area contributed by atoms with Gasteiger partial charge in [0.25, 0.3) is 0 Å². The third-order valence-corrected chi connectivity index (χ3v) is 4.49. The van der Waals surface area contributed by atoms with Crippen LogP contribution in [-0.2, 0) is 16.0 Å². The molecule has 0 spiro atoms. The Morgan fingerprint density at radius 3 is 2.57 bits per heavy atom. The first-order chi connectivity index (χ1) is 13.4. The minimum atomic E-state index is -0.511. The van der Waals surface area contributed by atoms with E-state index in [1.807, 2.05) is 42.9 Å². The van der Waals surface area contributed by atoms with Crippen molar-refractivity contribution in [1.29, 1.82) is 0 Å². The summed E-state index contributed by atoms with van der Waals surface area (Å²) in [6.07, 6.45) is 0.474. The highest BCUT2D eigenvalue weighted by Crippen LogP contribution is 2.29. The molecule has 3 rings (SSSR count). The number of ether oxygens (including phenoxy) is 2. The van der Waals surface area contributed by atoms with Gasteiger partial charge in [-0.3, -0.25) is 0 Å². The van der Waals surface area contributed by atoms with Gasteiger partial charge in [0.05, 0.1) is 17.6 Å². The second kappa shape index (κ2) is 8.53. The number of carbonyl (C=O) groups excluding carboxylic acids is 1. The van der Waals surface area contributed by atoms with Gasteiger partial charge in [0.15, 0.2) is 5.65 Å². The molecule has 8 nitrogen and oxygen atoms in total. The topological polar surface area (TPSA) is 95.5 Å². The van der Waals surface area contributed by atoms with Gasteiger partial charge in [0.2, 0.25) is 0 Å². The normalized spacial score (nSPS) is 12.8. The first-order valence-electron chi connectivity index (χ1n) is 9.31. The number of aromatic nitrogens is 3. The quantitative estimate of drug-likeness (QED) is 0.595. The lowest BCUT2D eigenvalue weighted by Crippen LogP contribution is -2.20. The molecule has 0 saturated carbocycles. The third kappa shape index (κ3) is 4.07. The van der Waals surface area contributed by atoms with E-state index >= 15 is 0 Å². The summed E-state index contributed by atoms with van der Waals surface area (Å²) in [4.78, 5) is 24.4. The number of para-hydroxylation sites is 2. The van der Waals surface area contributed by atoms with Crippen molar-refractivity contribution >= 4 is 34.0 Å². The Hall–Kier alpha value is -2.71. The van der Waals surface area contributed by atoms with E-state index in [1.54, 1.807) is 14.0 Å². The van der Waals surface area contributed by atoms with Gasteiger partial charge in [-0.2, -0.15) is 0 Å². The van der Waals surface area contributed by atoms with E-state index in [1.165, 1.54) is 0 Å². The number of aryl methyl sites for hydroxylation is 1. The zero-order valence-corrected chi connectivity index (χ0v) is 16.8. The molecule has 2 aromatic heterocycles. The second-order valence-corrected chi connectivity index (χ2v) is 7.12. The molecule has 0 bridgehead atoms. The number of nitrogens with two attached hydrogens (primary N) is 1. The highest BCUT2D eigenvalue weighted by Gasteiger charge is 2.26. The molecule has 0 amide bonds. The Labute approximate surface area is 164 Å². The molecular formula is C20H27N5O3. The Morgan fingerprint density at radius 1 is 1.25 bits per heavy atom. The van der Waals surface area contributed by atoms with Crippen LogP contribution in [0.1, 0.15) is 23.7 Å². The number of methoxy groups -OCH3 is 1. The molecule has 0 aliphatic carbocycles. The van der Waals surface area contributed by atoms with Gasteiger partial charge >= 0.3 is 5.97 Å². The summed E-state index contributed by atoms with van der Waals surface area (Å²) in [5, 5.41) is 0. The minimum Gasteiger partial charge on any atom is -0.456 e. The number of nitrogen functional groups attached to an aromatic ring is 1. The summed E-state index contributed by atoms with van der Waals surface area (Å²) in [7, 11) is 5.60. The number of rotatable bonds is 8. The zero-order valence-electron chi connectivity index (χ0n) is 16.8. The highest BCUT2D eigenvalue weighted by atomic mass is 16.6. The minimum absolute atomic E-state index is 0.265.